The molecule has 1 aliphatic heterocycles. The van der Waals surface area contributed by atoms with Crippen LogP contribution in [0.2, 0.25) is 0 Å². The second kappa shape index (κ2) is 5.05. The fourth-order valence-corrected chi connectivity index (χ4v) is 3.44. The summed E-state index contributed by atoms with van der Waals surface area (Å²) in [5, 5.41) is 3.49. The Labute approximate surface area is 101 Å². The zero-order chi connectivity index (χ0) is 11.6. The van der Waals surface area contributed by atoms with Crippen LogP contribution in [0.5, 0.6) is 0 Å². The first kappa shape index (κ1) is 12.4. The van der Waals surface area contributed by atoms with Gasteiger partial charge in [0.1, 0.15) is 0 Å². The Hall–Kier alpha value is -0.0800. The minimum Gasteiger partial charge on any atom is -0.314 e. The van der Waals surface area contributed by atoms with Gasteiger partial charge in [-0.3, -0.25) is 4.90 Å². The summed E-state index contributed by atoms with van der Waals surface area (Å²) >= 11 is 0. The lowest BCUT2D eigenvalue weighted by Gasteiger charge is -2.45. The Bertz CT molecular complexity index is 219. The van der Waals surface area contributed by atoms with E-state index < -0.39 is 0 Å². The minimum absolute atomic E-state index is 0.397. The van der Waals surface area contributed by atoms with Crippen LogP contribution >= 0.6 is 0 Å². The average Bonchev–Trinajstić information content (AvgIpc) is 2.31. The molecule has 2 aliphatic rings. The highest BCUT2D eigenvalue weighted by Gasteiger charge is 2.33. The molecule has 0 radical (unpaired) electrons. The van der Waals surface area contributed by atoms with Gasteiger partial charge in [0.2, 0.25) is 0 Å². The molecule has 0 aromatic carbocycles. The van der Waals surface area contributed by atoms with Gasteiger partial charge < -0.3 is 5.32 Å². The van der Waals surface area contributed by atoms with E-state index in [0.29, 0.717) is 5.54 Å². The molecule has 0 amide bonds. The molecule has 94 valence electrons. The Balaban J connectivity index is 1.88. The van der Waals surface area contributed by atoms with Gasteiger partial charge in [0.25, 0.3) is 0 Å². The highest BCUT2D eigenvalue weighted by molar-refractivity contribution is 4.92. The van der Waals surface area contributed by atoms with Gasteiger partial charge in [-0.05, 0) is 45.6 Å². The lowest BCUT2D eigenvalue weighted by molar-refractivity contribution is 0.0623. The van der Waals surface area contributed by atoms with Crippen molar-refractivity contribution in [2.75, 3.05) is 20.1 Å². The van der Waals surface area contributed by atoms with Crippen LogP contribution in [0.3, 0.4) is 0 Å². The van der Waals surface area contributed by atoms with Crippen LogP contribution in [0.25, 0.3) is 0 Å². The van der Waals surface area contributed by atoms with Crippen LogP contribution in [-0.4, -0.2) is 36.6 Å². The Morgan fingerprint density at radius 2 is 1.75 bits per heavy atom. The molecule has 16 heavy (non-hydrogen) atoms. The van der Waals surface area contributed by atoms with E-state index in [9.17, 15) is 0 Å². The lowest BCUT2D eigenvalue weighted by Crippen LogP contribution is -2.54. The summed E-state index contributed by atoms with van der Waals surface area (Å²) in [5.74, 6) is 0.924. The number of likely N-dealkylation sites (tertiary alicyclic amines) is 1. The molecule has 0 aromatic rings. The maximum absolute atomic E-state index is 3.49. The van der Waals surface area contributed by atoms with Gasteiger partial charge in [-0.2, -0.15) is 0 Å². The molecule has 2 atom stereocenters. The SMILES string of the molecule is CNC1(C)CCN(C2CCCCC2C)CC1. The molecule has 1 saturated heterocycles. The summed E-state index contributed by atoms with van der Waals surface area (Å²) in [7, 11) is 2.11. The van der Waals surface area contributed by atoms with Gasteiger partial charge in [0.15, 0.2) is 0 Å². The maximum Gasteiger partial charge on any atom is 0.0174 e. The standard InChI is InChI=1S/C14H28N2/c1-12-6-4-5-7-13(12)16-10-8-14(2,15-3)9-11-16/h12-13,15H,4-11H2,1-3H3. The summed E-state index contributed by atoms with van der Waals surface area (Å²) in [5.41, 5.74) is 0.397. The van der Waals surface area contributed by atoms with E-state index in [-0.39, 0.29) is 0 Å². The first-order valence-electron chi connectivity index (χ1n) is 7.07. The van der Waals surface area contributed by atoms with Crippen molar-refractivity contribution < 1.29 is 0 Å². The van der Waals surface area contributed by atoms with E-state index in [1.165, 1.54) is 51.6 Å². The molecule has 2 rings (SSSR count). The monoisotopic (exact) mass is 224 g/mol. The summed E-state index contributed by atoms with van der Waals surface area (Å²) in [6.45, 7) is 7.42. The Morgan fingerprint density at radius 3 is 2.31 bits per heavy atom. The molecule has 2 unspecified atom stereocenters. The van der Waals surface area contributed by atoms with E-state index in [4.69, 9.17) is 0 Å². The van der Waals surface area contributed by atoms with Gasteiger partial charge >= 0.3 is 0 Å². The molecule has 1 saturated carbocycles. The first-order valence-corrected chi connectivity index (χ1v) is 7.07. The smallest absolute Gasteiger partial charge is 0.0174 e. The van der Waals surface area contributed by atoms with Crippen LogP contribution in [-0.2, 0) is 0 Å². The van der Waals surface area contributed by atoms with E-state index in [0.717, 1.165) is 12.0 Å². The van der Waals surface area contributed by atoms with Crippen molar-refractivity contribution in [3.8, 4) is 0 Å². The molecule has 0 aromatic heterocycles. The third kappa shape index (κ3) is 2.60. The fourth-order valence-electron chi connectivity index (χ4n) is 3.44. The number of nitrogens with zero attached hydrogens (tertiary/aromatic N) is 1. The molecule has 0 spiro atoms. The van der Waals surface area contributed by atoms with Crippen molar-refractivity contribution in [2.24, 2.45) is 5.92 Å². The van der Waals surface area contributed by atoms with Crippen molar-refractivity contribution in [1.82, 2.24) is 10.2 Å². The third-order valence-corrected chi connectivity index (χ3v) is 5.04. The van der Waals surface area contributed by atoms with Crippen molar-refractivity contribution in [3.05, 3.63) is 0 Å². The maximum atomic E-state index is 3.49. The molecule has 1 N–H and O–H groups in total. The highest BCUT2D eigenvalue weighted by atomic mass is 15.2. The molecular formula is C14H28N2. The summed E-state index contributed by atoms with van der Waals surface area (Å²) in [6, 6.07) is 0.884. The van der Waals surface area contributed by atoms with Crippen molar-refractivity contribution in [1.29, 1.82) is 0 Å². The van der Waals surface area contributed by atoms with Crippen molar-refractivity contribution >= 4 is 0 Å². The van der Waals surface area contributed by atoms with E-state index in [1.807, 2.05) is 0 Å². The second-order valence-corrected chi connectivity index (χ2v) is 6.18. The van der Waals surface area contributed by atoms with Crippen LogP contribution in [0.1, 0.15) is 52.4 Å². The quantitative estimate of drug-likeness (QED) is 0.776. The molecule has 1 aliphatic carbocycles. The number of hydrogen-bond donors (Lipinski definition) is 1. The van der Waals surface area contributed by atoms with Crippen LogP contribution in [0, 0.1) is 5.92 Å². The number of nitrogens with one attached hydrogen (secondary N) is 1. The number of hydrogen-bond acceptors (Lipinski definition) is 2. The first-order chi connectivity index (χ1) is 7.64. The summed E-state index contributed by atoms with van der Waals surface area (Å²) in [6.07, 6.45) is 8.43. The van der Waals surface area contributed by atoms with Crippen LogP contribution in [0.4, 0.5) is 0 Å². The molecular weight excluding hydrogens is 196 g/mol. The van der Waals surface area contributed by atoms with Gasteiger partial charge in [0, 0.05) is 24.7 Å². The van der Waals surface area contributed by atoms with Gasteiger partial charge in [-0.1, -0.05) is 19.8 Å². The van der Waals surface area contributed by atoms with E-state index >= 15 is 0 Å². The molecule has 2 nitrogen and oxygen atoms in total. The third-order valence-electron chi connectivity index (χ3n) is 5.04. The predicted molar refractivity (Wildman–Crippen MR) is 69.7 cm³/mol. The largest absolute Gasteiger partial charge is 0.314 e. The summed E-state index contributed by atoms with van der Waals surface area (Å²) < 4.78 is 0. The van der Waals surface area contributed by atoms with Crippen molar-refractivity contribution in [3.63, 3.8) is 0 Å². The topological polar surface area (TPSA) is 15.3 Å². The van der Waals surface area contributed by atoms with Gasteiger partial charge in [0.05, 0.1) is 0 Å². The fraction of sp³-hybridized carbons (Fsp3) is 1.00. The Morgan fingerprint density at radius 1 is 1.12 bits per heavy atom. The number of piperidine rings is 1. The second-order valence-electron chi connectivity index (χ2n) is 6.18. The van der Waals surface area contributed by atoms with Gasteiger partial charge in [-0.15, -0.1) is 0 Å². The zero-order valence-corrected chi connectivity index (χ0v) is 11.3. The minimum atomic E-state index is 0.397. The van der Waals surface area contributed by atoms with Gasteiger partial charge in [-0.25, -0.2) is 0 Å². The molecule has 1 heterocycles. The lowest BCUT2D eigenvalue weighted by atomic mass is 9.82. The normalized spacial score (nSPS) is 36.2. The Kier molecular flexibility index (Phi) is 3.91. The molecule has 0 bridgehead atoms. The number of rotatable bonds is 2. The predicted octanol–water partition coefficient (Wildman–Crippen LogP) is 2.64. The molecule has 2 heteroatoms. The van der Waals surface area contributed by atoms with Crippen LogP contribution in [0.15, 0.2) is 0 Å². The van der Waals surface area contributed by atoms with Crippen molar-refractivity contribution in [2.45, 2.75) is 64.0 Å². The molecule has 2 fully saturated rings. The summed E-state index contributed by atoms with van der Waals surface area (Å²) in [4.78, 5) is 2.77. The highest BCUT2D eigenvalue weighted by Crippen LogP contribution is 2.31. The average molecular weight is 224 g/mol. The van der Waals surface area contributed by atoms with E-state index in [1.54, 1.807) is 0 Å². The van der Waals surface area contributed by atoms with E-state index in [2.05, 4.69) is 31.1 Å². The zero-order valence-electron chi connectivity index (χ0n) is 11.3. The van der Waals surface area contributed by atoms with Crippen LogP contribution < -0.4 is 5.32 Å².